The molecule has 0 aliphatic rings. The van der Waals surface area contributed by atoms with Gasteiger partial charge in [0.05, 0.1) is 17.3 Å². The van der Waals surface area contributed by atoms with E-state index in [2.05, 4.69) is 10.3 Å². The Morgan fingerprint density at radius 3 is 2.53 bits per heavy atom. The summed E-state index contributed by atoms with van der Waals surface area (Å²) in [5.74, 6) is -0.223. The van der Waals surface area contributed by atoms with Crippen LogP contribution in [-0.2, 0) is 22.7 Å². The van der Waals surface area contributed by atoms with Crippen LogP contribution in [0.2, 0.25) is 5.02 Å². The highest BCUT2D eigenvalue weighted by atomic mass is 35.5. The molecule has 3 aromatic rings. The number of benzene rings is 2. The number of ether oxygens (including phenoxy) is 2. The average Bonchev–Trinajstić information content (AvgIpc) is 3.20. The summed E-state index contributed by atoms with van der Waals surface area (Å²) in [7, 11) is 0. The predicted octanol–water partition coefficient (Wildman–Crippen LogP) is 4.58. The van der Waals surface area contributed by atoms with Gasteiger partial charge in [0.15, 0.2) is 0 Å². The van der Waals surface area contributed by atoms with Crippen molar-refractivity contribution < 1.29 is 19.1 Å². The third-order valence-corrected chi connectivity index (χ3v) is 4.89. The van der Waals surface area contributed by atoms with Gasteiger partial charge in [-0.15, -0.1) is 11.3 Å². The Labute approximate surface area is 181 Å². The van der Waals surface area contributed by atoms with E-state index in [1.54, 1.807) is 42.5 Å². The van der Waals surface area contributed by atoms with Gasteiger partial charge < -0.3 is 14.8 Å². The van der Waals surface area contributed by atoms with Crippen molar-refractivity contribution in [1.29, 1.82) is 5.26 Å². The molecule has 0 saturated heterocycles. The molecule has 30 heavy (non-hydrogen) atoms. The zero-order valence-corrected chi connectivity index (χ0v) is 17.2. The largest absolute Gasteiger partial charge is 0.486 e. The van der Waals surface area contributed by atoms with Crippen LogP contribution < -0.4 is 10.1 Å². The quantitative estimate of drug-likeness (QED) is 0.513. The predicted molar refractivity (Wildman–Crippen MR) is 112 cm³/mol. The second kappa shape index (κ2) is 10.4. The summed E-state index contributed by atoms with van der Waals surface area (Å²) >= 11 is 7.26. The number of rotatable bonds is 8. The van der Waals surface area contributed by atoms with Gasteiger partial charge in [0.2, 0.25) is 5.91 Å². The highest BCUT2D eigenvalue weighted by Gasteiger charge is 2.10. The number of thiazole rings is 1. The molecule has 0 bridgehead atoms. The molecule has 1 aromatic heterocycles. The van der Waals surface area contributed by atoms with Crippen LogP contribution in [0.15, 0.2) is 53.9 Å². The molecule has 1 amide bonds. The summed E-state index contributed by atoms with van der Waals surface area (Å²) in [5, 5.41) is 14.2. The van der Waals surface area contributed by atoms with Gasteiger partial charge in [0.1, 0.15) is 30.4 Å². The summed E-state index contributed by atoms with van der Waals surface area (Å²) < 4.78 is 10.9. The molecule has 0 saturated carbocycles. The molecule has 2 aromatic carbocycles. The summed E-state index contributed by atoms with van der Waals surface area (Å²) in [4.78, 5) is 28.0. The first kappa shape index (κ1) is 21.3. The molecule has 9 heteroatoms. The number of hydrogen-bond acceptors (Lipinski definition) is 7. The molecule has 0 atom stereocenters. The minimum Gasteiger partial charge on any atom is -0.486 e. The van der Waals surface area contributed by atoms with E-state index in [0.29, 0.717) is 34.3 Å². The number of aromatic nitrogens is 1. The minimum absolute atomic E-state index is 0.0386. The molecule has 1 N–H and O–H groups in total. The lowest BCUT2D eigenvalue weighted by Crippen LogP contribution is -2.10. The van der Waals surface area contributed by atoms with Gasteiger partial charge in [-0.1, -0.05) is 11.6 Å². The van der Waals surface area contributed by atoms with Crippen molar-refractivity contribution in [2.24, 2.45) is 0 Å². The molecular formula is C21H16ClN3O4S. The molecule has 152 valence electrons. The molecule has 0 radical (unpaired) electrons. The Balaban J connectivity index is 1.47. The average molecular weight is 442 g/mol. The molecule has 0 unspecified atom stereocenters. The first-order valence-corrected chi connectivity index (χ1v) is 10.0. The third kappa shape index (κ3) is 6.30. The standard InChI is InChI=1S/C21H16ClN3O4S/c22-15-3-7-18(8-4-15)28-12-20-25-17(13-30-20)11-29-21(27)14-1-5-16(6-2-14)24-19(26)9-10-23/h1-8,13H,9,11-12H2,(H,24,26). The van der Waals surface area contributed by atoms with Crippen LogP contribution in [0.1, 0.15) is 27.5 Å². The van der Waals surface area contributed by atoms with E-state index in [1.807, 2.05) is 5.38 Å². The van der Waals surface area contributed by atoms with Crippen molar-refractivity contribution in [3.05, 3.63) is 75.2 Å². The second-order valence-electron chi connectivity index (χ2n) is 6.01. The van der Waals surface area contributed by atoms with E-state index in [1.165, 1.54) is 23.5 Å². The third-order valence-electron chi connectivity index (χ3n) is 3.77. The maximum absolute atomic E-state index is 12.2. The number of esters is 1. The van der Waals surface area contributed by atoms with Crippen molar-refractivity contribution in [2.45, 2.75) is 19.6 Å². The van der Waals surface area contributed by atoms with Gasteiger partial charge in [0, 0.05) is 16.1 Å². The number of hydrogen-bond donors (Lipinski definition) is 1. The lowest BCUT2D eigenvalue weighted by atomic mass is 10.2. The molecular weight excluding hydrogens is 426 g/mol. The van der Waals surface area contributed by atoms with Crippen LogP contribution in [0, 0.1) is 11.3 Å². The SMILES string of the molecule is N#CCC(=O)Nc1ccc(C(=O)OCc2csc(COc3ccc(Cl)cc3)n2)cc1. The highest BCUT2D eigenvalue weighted by molar-refractivity contribution is 7.09. The van der Waals surface area contributed by atoms with E-state index >= 15 is 0 Å². The van der Waals surface area contributed by atoms with Gasteiger partial charge in [0.25, 0.3) is 0 Å². The Kier molecular flexibility index (Phi) is 7.38. The van der Waals surface area contributed by atoms with Crippen LogP contribution in [0.25, 0.3) is 0 Å². The monoisotopic (exact) mass is 441 g/mol. The van der Waals surface area contributed by atoms with Crippen LogP contribution in [0.3, 0.4) is 0 Å². The highest BCUT2D eigenvalue weighted by Crippen LogP contribution is 2.19. The Bertz CT molecular complexity index is 1060. The normalized spacial score (nSPS) is 10.1. The van der Waals surface area contributed by atoms with Crippen molar-refractivity contribution in [3.8, 4) is 11.8 Å². The van der Waals surface area contributed by atoms with Gasteiger partial charge in [-0.25, -0.2) is 9.78 Å². The van der Waals surface area contributed by atoms with Crippen LogP contribution in [0.5, 0.6) is 5.75 Å². The van der Waals surface area contributed by atoms with E-state index in [9.17, 15) is 9.59 Å². The maximum Gasteiger partial charge on any atom is 0.338 e. The summed E-state index contributed by atoms with van der Waals surface area (Å²) in [6, 6.07) is 15.0. The fourth-order valence-corrected chi connectivity index (χ4v) is 3.16. The minimum atomic E-state index is -0.503. The molecule has 0 fully saturated rings. The van der Waals surface area contributed by atoms with E-state index in [4.69, 9.17) is 26.3 Å². The number of nitrogens with one attached hydrogen (secondary N) is 1. The smallest absolute Gasteiger partial charge is 0.338 e. The zero-order chi connectivity index (χ0) is 21.3. The van der Waals surface area contributed by atoms with Crippen molar-refractivity contribution in [3.63, 3.8) is 0 Å². The number of anilines is 1. The Morgan fingerprint density at radius 1 is 1.10 bits per heavy atom. The number of carbonyl (C=O) groups is 2. The van der Waals surface area contributed by atoms with Gasteiger partial charge in [-0.05, 0) is 48.5 Å². The Hall–Kier alpha value is -3.41. The number of amides is 1. The molecule has 0 spiro atoms. The molecule has 0 aliphatic carbocycles. The maximum atomic E-state index is 12.2. The van der Waals surface area contributed by atoms with Gasteiger partial charge >= 0.3 is 5.97 Å². The number of nitrogens with zero attached hydrogens (tertiary/aromatic N) is 2. The molecule has 1 heterocycles. The summed E-state index contributed by atoms with van der Waals surface area (Å²) in [5.41, 5.74) is 1.47. The van der Waals surface area contributed by atoms with Crippen molar-refractivity contribution >= 4 is 40.5 Å². The van der Waals surface area contributed by atoms with Gasteiger partial charge in [-0.2, -0.15) is 5.26 Å². The van der Waals surface area contributed by atoms with Crippen molar-refractivity contribution in [2.75, 3.05) is 5.32 Å². The fourth-order valence-electron chi connectivity index (χ4n) is 2.35. The van der Waals surface area contributed by atoms with Crippen molar-refractivity contribution in [1.82, 2.24) is 4.98 Å². The topological polar surface area (TPSA) is 101 Å². The molecule has 3 rings (SSSR count). The van der Waals surface area contributed by atoms with E-state index in [0.717, 1.165) is 5.01 Å². The molecule has 0 aliphatic heterocycles. The fraction of sp³-hybridized carbons (Fsp3) is 0.143. The van der Waals surface area contributed by atoms with Crippen LogP contribution in [-0.4, -0.2) is 16.9 Å². The second-order valence-corrected chi connectivity index (χ2v) is 7.39. The van der Waals surface area contributed by atoms with E-state index in [-0.39, 0.29) is 13.0 Å². The summed E-state index contributed by atoms with van der Waals surface area (Å²) in [6.45, 7) is 0.343. The lowest BCUT2D eigenvalue weighted by Gasteiger charge is -2.06. The number of halogens is 1. The van der Waals surface area contributed by atoms with Crippen LogP contribution in [0.4, 0.5) is 5.69 Å². The zero-order valence-electron chi connectivity index (χ0n) is 15.6. The number of nitriles is 1. The molecule has 7 nitrogen and oxygen atoms in total. The lowest BCUT2D eigenvalue weighted by molar-refractivity contribution is -0.115. The van der Waals surface area contributed by atoms with Crippen LogP contribution >= 0.6 is 22.9 Å². The van der Waals surface area contributed by atoms with Gasteiger partial charge in [-0.3, -0.25) is 4.79 Å². The number of carbonyl (C=O) groups excluding carboxylic acids is 2. The Morgan fingerprint density at radius 2 is 1.83 bits per heavy atom. The first-order valence-electron chi connectivity index (χ1n) is 8.79. The first-order chi connectivity index (χ1) is 14.5. The van der Waals surface area contributed by atoms with E-state index < -0.39 is 11.9 Å². The summed E-state index contributed by atoms with van der Waals surface area (Å²) in [6.07, 6.45) is -0.232.